The number of nitrogens with zero attached hydrogens (tertiary/aromatic N) is 5. The lowest BCUT2D eigenvalue weighted by molar-refractivity contribution is -0.384. The molecule has 4 aromatic carbocycles. The number of esters is 1. The molecule has 0 aliphatic carbocycles. The molecule has 10 heteroatoms. The third-order valence-electron chi connectivity index (χ3n) is 7.32. The summed E-state index contributed by atoms with van der Waals surface area (Å²) < 4.78 is 5.38. The number of ether oxygens (including phenoxy) is 1. The quantitative estimate of drug-likeness (QED) is 0.127. The zero-order valence-corrected chi connectivity index (χ0v) is 24.7. The number of para-hydroxylation sites is 1. The second-order valence-electron chi connectivity index (χ2n) is 10.3. The number of rotatable bonds is 7. The van der Waals surface area contributed by atoms with Gasteiger partial charge in [0, 0.05) is 28.8 Å². The molecule has 0 fully saturated rings. The van der Waals surface area contributed by atoms with Crippen molar-refractivity contribution in [3.05, 3.63) is 135 Å². The Morgan fingerprint density at radius 2 is 1.58 bits per heavy atom. The van der Waals surface area contributed by atoms with Gasteiger partial charge in [-0.25, -0.2) is 14.8 Å². The van der Waals surface area contributed by atoms with Gasteiger partial charge in [-0.15, -0.1) is 0 Å². The van der Waals surface area contributed by atoms with E-state index in [4.69, 9.17) is 14.9 Å². The maximum atomic E-state index is 13.2. The van der Waals surface area contributed by atoms with E-state index in [9.17, 15) is 14.9 Å². The van der Waals surface area contributed by atoms with Crippen LogP contribution in [-0.2, 0) is 14.5 Å². The molecule has 2 heterocycles. The van der Waals surface area contributed by atoms with Crippen molar-refractivity contribution in [2.45, 2.75) is 31.7 Å². The Morgan fingerprint density at radius 3 is 2.28 bits per heavy atom. The van der Waals surface area contributed by atoms with E-state index in [0.29, 0.717) is 11.6 Å². The second-order valence-corrected chi connectivity index (χ2v) is 11.5. The largest absolute Gasteiger partial charge is 0.461 e. The molecule has 4 aromatic rings. The van der Waals surface area contributed by atoms with Crippen LogP contribution in [0.15, 0.2) is 113 Å². The van der Waals surface area contributed by atoms with Gasteiger partial charge in [0.2, 0.25) is 10.0 Å². The van der Waals surface area contributed by atoms with Crippen LogP contribution in [0.4, 0.5) is 17.1 Å². The number of thioether (sulfide) groups is 1. The summed E-state index contributed by atoms with van der Waals surface area (Å²) in [6.45, 7) is 6.23. The van der Waals surface area contributed by atoms with Gasteiger partial charge in [0.05, 0.1) is 28.6 Å². The van der Waals surface area contributed by atoms with Crippen LogP contribution in [0.5, 0.6) is 0 Å². The SMILES string of the molecule is CCOC(=O)C1=NN(c2cccc([N+](=O)[O-])c2)[C@@]2(S1)c1ccccc1C(c1ccc(C(C)C)cc1)=NN2c1ccccc1. The summed E-state index contributed by atoms with van der Waals surface area (Å²) in [4.78, 5) is 23.3. The number of hydrogen-bond acceptors (Lipinski definition) is 9. The number of carbonyl (C=O) groups is 1. The average Bonchev–Trinajstić information content (AvgIpc) is 3.43. The fourth-order valence-corrected chi connectivity index (χ4v) is 6.54. The fraction of sp³-hybridized carbons (Fsp3) is 0.182. The average molecular weight is 592 g/mol. The Labute approximate surface area is 253 Å². The highest BCUT2D eigenvalue weighted by molar-refractivity contribution is 8.16. The minimum Gasteiger partial charge on any atom is -0.461 e. The first-order valence-corrected chi connectivity index (χ1v) is 14.8. The number of non-ortho nitro benzene ring substituents is 1. The van der Waals surface area contributed by atoms with Crippen molar-refractivity contribution in [2.75, 3.05) is 16.6 Å². The van der Waals surface area contributed by atoms with Gasteiger partial charge in [0.1, 0.15) is 0 Å². The van der Waals surface area contributed by atoms with E-state index in [2.05, 4.69) is 38.1 Å². The minimum absolute atomic E-state index is 0.0952. The molecule has 1 spiro atoms. The molecule has 0 saturated carbocycles. The lowest BCUT2D eigenvalue weighted by Gasteiger charge is -2.47. The highest BCUT2D eigenvalue weighted by atomic mass is 32.2. The third kappa shape index (κ3) is 4.93. The van der Waals surface area contributed by atoms with Crippen molar-refractivity contribution in [3.63, 3.8) is 0 Å². The van der Waals surface area contributed by atoms with Crippen LogP contribution in [0.2, 0.25) is 0 Å². The Balaban J connectivity index is 1.63. The van der Waals surface area contributed by atoms with Gasteiger partial charge in [0.15, 0.2) is 0 Å². The number of carbonyl (C=O) groups excluding carboxylic acids is 1. The fourth-order valence-electron chi connectivity index (χ4n) is 5.26. The van der Waals surface area contributed by atoms with E-state index in [-0.39, 0.29) is 17.3 Å². The van der Waals surface area contributed by atoms with Gasteiger partial charge in [0.25, 0.3) is 5.69 Å². The Bertz CT molecular complexity index is 1760. The summed E-state index contributed by atoms with van der Waals surface area (Å²) >= 11 is 1.20. The van der Waals surface area contributed by atoms with Gasteiger partial charge in [-0.2, -0.15) is 10.2 Å². The molecule has 9 nitrogen and oxygen atoms in total. The molecule has 6 rings (SSSR count). The van der Waals surface area contributed by atoms with Crippen LogP contribution in [0.25, 0.3) is 0 Å². The monoisotopic (exact) mass is 591 g/mol. The van der Waals surface area contributed by atoms with Crippen LogP contribution >= 0.6 is 11.8 Å². The van der Waals surface area contributed by atoms with E-state index >= 15 is 0 Å². The summed E-state index contributed by atoms with van der Waals surface area (Å²) in [5.74, 6) is -0.195. The smallest absolute Gasteiger partial charge is 0.365 e. The first kappa shape index (κ1) is 28.2. The van der Waals surface area contributed by atoms with Gasteiger partial charge < -0.3 is 4.74 Å². The molecule has 2 aliphatic rings. The number of benzene rings is 4. The summed E-state index contributed by atoms with van der Waals surface area (Å²) in [6, 6.07) is 32.1. The van der Waals surface area contributed by atoms with Crippen molar-refractivity contribution in [2.24, 2.45) is 10.2 Å². The maximum Gasteiger partial charge on any atom is 0.365 e. The van der Waals surface area contributed by atoms with Crippen LogP contribution in [0.1, 0.15) is 48.9 Å². The third-order valence-corrected chi connectivity index (χ3v) is 8.62. The normalized spacial score (nSPS) is 17.5. The molecule has 2 aliphatic heterocycles. The van der Waals surface area contributed by atoms with Crippen LogP contribution in [0.3, 0.4) is 0 Å². The van der Waals surface area contributed by atoms with E-state index in [1.807, 2.05) is 59.6 Å². The Hall–Kier alpha value is -4.96. The predicted octanol–water partition coefficient (Wildman–Crippen LogP) is 7.23. The van der Waals surface area contributed by atoms with Crippen molar-refractivity contribution in [3.8, 4) is 0 Å². The Kier molecular flexibility index (Phi) is 7.45. The standard InChI is InChI=1S/C33H29N5O4S/c1-4-42-32(39)31-35-37(26-13-10-14-27(21-26)38(40)41)33(43-31)29-16-9-8-15-28(29)30(24-19-17-23(18-20-24)22(2)3)34-36(33)25-11-6-5-7-12-25/h5-22H,4H2,1-3H3/t33-/m1/s1. The molecule has 0 saturated heterocycles. The Morgan fingerprint density at radius 1 is 0.907 bits per heavy atom. The minimum atomic E-state index is -1.25. The molecule has 0 radical (unpaired) electrons. The molecule has 0 amide bonds. The number of fused-ring (bicyclic) bond motifs is 2. The highest BCUT2D eigenvalue weighted by Gasteiger charge is 2.56. The lowest BCUT2D eigenvalue weighted by Crippen LogP contribution is -2.54. The first-order chi connectivity index (χ1) is 20.8. The maximum absolute atomic E-state index is 13.2. The van der Waals surface area contributed by atoms with E-state index in [0.717, 1.165) is 28.1 Å². The molecule has 0 unspecified atom stereocenters. The van der Waals surface area contributed by atoms with Gasteiger partial charge in [-0.1, -0.05) is 86.6 Å². The summed E-state index contributed by atoms with van der Waals surface area (Å²) in [7, 11) is 0. The zero-order valence-electron chi connectivity index (χ0n) is 23.9. The number of hydrogen-bond donors (Lipinski definition) is 0. The molecule has 216 valence electrons. The van der Waals surface area contributed by atoms with Crippen molar-refractivity contribution in [1.82, 2.24) is 0 Å². The summed E-state index contributed by atoms with van der Waals surface area (Å²) in [6.07, 6.45) is 0. The van der Waals surface area contributed by atoms with Gasteiger partial charge >= 0.3 is 5.97 Å². The van der Waals surface area contributed by atoms with E-state index in [1.165, 1.54) is 29.5 Å². The molecule has 43 heavy (non-hydrogen) atoms. The number of nitro groups is 1. The first-order valence-electron chi connectivity index (χ1n) is 14.0. The van der Waals surface area contributed by atoms with Gasteiger partial charge in [-0.05, 0) is 48.4 Å². The number of hydrazone groups is 2. The number of anilines is 2. The predicted molar refractivity (Wildman–Crippen MR) is 170 cm³/mol. The van der Waals surface area contributed by atoms with E-state index < -0.39 is 15.9 Å². The lowest BCUT2D eigenvalue weighted by atomic mass is 9.92. The number of nitro benzene ring substituents is 1. The molecular weight excluding hydrogens is 562 g/mol. The molecule has 1 atom stereocenters. The second kappa shape index (κ2) is 11.4. The van der Waals surface area contributed by atoms with Crippen molar-refractivity contribution < 1.29 is 14.5 Å². The molecule has 0 bridgehead atoms. The zero-order chi connectivity index (χ0) is 30.1. The van der Waals surface area contributed by atoms with E-state index in [1.54, 1.807) is 24.1 Å². The van der Waals surface area contributed by atoms with Crippen molar-refractivity contribution >= 4 is 45.5 Å². The summed E-state index contributed by atoms with van der Waals surface area (Å²) in [5.41, 5.74) is 5.66. The topological polar surface area (TPSA) is 101 Å². The van der Waals surface area contributed by atoms with Crippen LogP contribution in [0, 0.1) is 10.1 Å². The van der Waals surface area contributed by atoms with Crippen LogP contribution < -0.4 is 10.0 Å². The molecule has 0 aromatic heterocycles. The molecule has 0 N–H and O–H groups in total. The highest BCUT2D eigenvalue weighted by Crippen LogP contribution is 2.55. The van der Waals surface area contributed by atoms with Crippen LogP contribution in [-0.4, -0.2) is 28.3 Å². The van der Waals surface area contributed by atoms with Gasteiger partial charge in [-0.3, -0.25) is 10.1 Å². The molecular formula is C33H29N5O4S. The summed E-state index contributed by atoms with van der Waals surface area (Å²) in [5, 5.41) is 25.4. The van der Waals surface area contributed by atoms with Crippen molar-refractivity contribution in [1.29, 1.82) is 0 Å².